The summed E-state index contributed by atoms with van der Waals surface area (Å²) in [5, 5.41) is 17.3. The minimum atomic E-state index is -0.391. The van der Waals surface area contributed by atoms with E-state index in [1.54, 1.807) is 6.07 Å². The van der Waals surface area contributed by atoms with E-state index < -0.39 is 4.92 Å². The zero-order valence-corrected chi connectivity index (χ0v) is 11.9. The number of fused-ring (bicyclic) bond motifs is 1. The van der Waals surface area contributed by atoms with Gasteiger partial charge in [0.25, 0.3) is 5.69 Å². The van der Waals surface area contributed by atoms with Crippen molar-refractivity contribution in [3.63, 3.8) is 0 Å². The highest BCUT2D eigenvalue weighted by Gasteiger charge is 2.26. The van der Waals surface area contributed by atoms with Crippen LogP contribution < -0.4 is 10.6 Å². The Morgan fingerprint density at radius 2 is 2.29 bits per heavy atom. The maximum Gasteiger partial charge on any atom is 0.292 e. The van der Waals surface area contributed by atoms with Crippen LogP contribution in [0, 0.1) is 10.1 Å². The molecule has 1 atom stereocenters. The molecule has 2 heterocycles. The Balaban J connectivity index is 1.88. The first-order valence-corrected chi connectivity index (χ1v) is 7.09. The molecule has 1 aromatic carbocycles. The van der Waals surface area contributed by atoms with Crippen molar-refractivity contribution in [2.75, 3.05) is 30.8 Å². The Kier molecular flexibility index (Phi) is 3.50. The van der Waals surface area contributed by atoms with E-state index in [0.717, 1.165) is 25.9 Å². The third kappa shape index (κ3) is 2.82. The van der Waals surface area contributed by atoms with Crippen molar-refractivity contribution in [1.82, 2.24) is 4.90 Å². The van der Waals surface area contributed by atoms with Crippen LogP contribution in [0.1, 0.15) is 18.4 Å². The van der Waals surface area contributed by atoms with E-state index in [4.69, 9.17) is 0 Å². The summed E-state index contributed by atoms with van der Waals surface area (Å²) < 4.78 is 0. The first kappa shape index (κ1) is 13.8. The minimum absolute atomic E-state index is 0.0403. The number of anilines is 2. The molecule has 3 rings (SSSR count). The monoisotopic (exact) mass is 290 g/mol. The van der Waals surface area contributed by atoms with Crippen LogP contribution in [-0.2, 0) is 11.2 Å². The van der Waals surface area contributed by atoms with Crippen molar-refractivity contribution in [1.29, 1.82) is 0 Å². The van der Waals surface area contributed by atoms with Gasteiger partial charge in [-0.2, -0.15) is 0 Å². The molecule has 1 aromatic rings. The molecule has 7 nitrogen and oxygen atoms in total. The van der Waals surface area contributed by atoms with Gasteiger partial charge in [-0.3, -0.25) is 14.9 Å². The summed E-state index contributed by atoms with van der Waals surface area (Å²) in [6, 6.07) is 3.38. The minimum Gasteiger partial charge on any atom is -0.375 e. The van der Waals surface area contributed by atoms with Gasteiger partial charge in [-0.25, -0.2) is 0 Å². The maximum absolute atomic E-state index is 11.4. The third-order valence-electron chi connectivity index (χ3n) is 4.03. The van der Waals surface area contributed by atoms with Crippen LogP contribution in [0.5, 0.6) is 0 Å². The van der Waals surface area contributed by atoms with Gasteiger partial charge in [0.05, 0.1) is 11.3 Å². The van der Waals surface area contributed by atoms with Crippen molar-refractivity contribution in [2.24, 2.45) is 0 Å². The number of hydrogen-bond acceptors (Lipinski definition) is 5. The Morgan fingerprint density at radius 3 is 3.00 bits per heavy atom. The Bertz CT molecular complexity index is 602. The SMILES string of the molecule is CN1CCCC(Nc2cc3c(cc2[N+](=O)[O-])CC(=O)N3)C1. The fourth-order valence-corrected chi connectivity index (χ4v) is 3.03. The molecule has 1 amide bonds. The van der Waals surface area contributed by atoms with Crippen molar-refractivity contribution < 1.29 is 9.72 Å². The predicted octanol–water partition coefficient (Wildman–Crippen LogP) is 1.60. The molecular weight excluding hydrogens is 272 g/mol. The molecule has 0 spiro atoms. The lowest BCUT2D eigenvalue weighted by molar-refractivity contribution is -0.384. The van der Waals surface area contributed by atoms with Gasteiger partial charge in [0, 0.05) is 24.3 Å². The van der Waals surface area contributed by atoms with Gasteiger partial charge in [-0.1, -0.05) is 0 Å². The highest BCUT2D eigenvalue weighted by molar-refractivity contribution is 6.00. The molecule has 21 heavy (non-hydrogen) atoms. The molecule has 0 saturated carbocycles. The quantitative estimate of drug-likeness (QED) is 0.652. The van der Waals surface area contributed by atoms with Gasteiger partial charge in [0.1, 0.15) is 5.69 Å². The summed E-state index contributed by atoms with van der Waals surface area (Å²) in [5.74, 6) is -0.117. The number of carbonyl (C=O) groups is 1. The van der Waals surface area contributed by atoms with Crippen LogP contribution in [-0.4, -0.2) is 41.9 Å². The molecule has 0 aliphatic carbocycles. The molecule has 2 N–H and O–H groups in total. The van der Waals surface area contributed by atoms with Crippen LogP contribution in [0.2, 0.25) is 0 Å². The number of nitrogens with zero attached hydrogens (tertiary/aromatic N) is 2. The number of hydrogen-bond donors (Lipinski definition) is 2. The van der Waals surface area contributed by atoms with E-state index in [1.807, 2.05) is 7.05 Å². The van der Waals surface area contributed by atoms with Gasteiger partial charge < -0.3 is 15.5 Å². The number of amides is 1. The van der Waals surface area contributed by atoms with Crippen LogP contribution in [0.4, 0.5) is 17.1 Å². The summed E-state index contributed by atoms with van der Waals surface area (Å²) in [5.41, 5.74) is 1.90. The molecule has 112 valence electrons. The molecule has 1 unspecified atom stereocenters. The standard InChI is InChI=1S/C14H18N4O3/c1-17-4-2-3-10(8-17)15-12-7-11-9(6-14(19)16-11)5-13(12)18(20)21/h5,7,10,15H,2-4,6,8H2,1H3,(H,16,19). The lowest BCUT2D eigenvalue weighted by Gasteiger charge is -2.30. The highest BCUT2D eigenvalue weighted by atomic mass is 16.6. The number of likely N-dealkylation sites (N-methyl/N-ethyl adjacent to an activating group) is 1. The molecule has 0 bridgehead atoms. The van der Waals surface area contributed by atoms with E-state index in [1.165, 1.54) is 6.07 Å². The summed E-state index contributed by atoms with van der Waals surface area (Å²) in [6.45, 7) is 1.92. The van der Waals surface area contributed by atoms with E-state index in [2.05, 4.69) is 15.5 Å². The molecule has 0 radical (unpaired) electrons. The summed E-state index contributed by atoms with van der Waals surface area (Å²) in [4.78, 5) is 24.5. The van der Waals surface area contributed by atoms with Crippen LogP contribution in [0.3, 0.4) is 0 Å². The number of nitro benzene ring substituents is 1. The molecule has 1 saturated heterocycles. The van der Waals surface area contributed by atoms with Crippen molar-refractivity contribution in [2.45, 2.75) is 25.3 Å². The first-order valence-electron chi connectivity index (χ1n) is 7.09. The summed E-state index contributed by atoms with van der Waals surface area (Å²) in [7, 11) is 2.05. The lowest BCUT2D eigenvalue weighted by atomic mass is 10.0. The number of benzene rings is 1. The maximum atomic E-state index is 11.4. The fraction of sp³-hybridized carbons (Fsp3) is 0.500. The molecule has 1 fully saturated rings. The van der Waals surface area contributed by atoms with E-state index in [0.29, 0.717) is 16.9 Å². The van der Waals surface area contributed by atoms with Gasteiger partial charge in [0.15, 0.2) is 0 Å². The topological polar surface area (TPSA) is 87.5 Å². The highest BCUT2D eigenvalue weighted by Crippen LogP contribution is 2.35. The largest absolute Gasteiger partial charge is 0.375 e. The van der Waals surface area contributed by atoms with Crippen molar-refractivity contribution in [3.05, 3.63) is 27.8 Å². The van der Waals surface area contributed by atoms with Gasteiger partial charge in [-0.05, 0) is 38.1 Å². The smallest absolute Gasteiger partial charge is 0.292 e. The van der Waals surface area contributed by atoms with E-state index in [-0.39, 0.29) is 24.1 Å². The predicted molar refractivity (Wildman–Crippen MR) is 79.6 cm³/mol. The lowest BCUT2D eigenvalue weighted by Crippen LogP contribution is -2.39. The average molecular weight is 290 g/mol. The first-order chi connectivity index (χ1) is 10.0. The van der Waals surface area contributed by atoms with Crippen molar-refractivity contribution >= 4 is 23.0 Å². The molecule has 2 aliphatic rings. The molecule has 0 aromatic heterocycles. The zero-order chi connectivity index (χ0) is 15.0. The second-order valence-corrected chi connectivity index (χ2v) is 5.75. The van der Waals surface area contributed by atoms with Crippen LogP contribution in [0.25, 0.3) is 0 Å². The molecule has 2 aliphatic heterocycles. The normalized spacial score (nSPS) is 21.8. The summed E-state index contributed by atoms with van der Waals surface area (Å²) >= 11 is 0. The Hall–Kier alpha value is -2.15. The second-order valence-electron chi connectivity index (χ2n) is 5.75. The van der Waals surface area contributed by atoms with E-state index in [9.17, 15) is 14.9 Å². The molecular formula is C14H18N4O3. The average Bonchev–Trinajstić information content (AvgIpc) is 2.76. The van der Waals surface area contributed by atoms with Gasteiger partial charge in [0.2, 0.25) is 5.91 Å². The Morgan fingerprint density at radius 1 is 1.48 bits per heavy atom. The number of likely N-dealkylation sites (tertiary alicyclic amines) is 1. The number of nitro groups is 1. The molecule has 7 heteroatoms. The third-order valence-corrected chi connectivity index (χ3v) is 4.03. The number of carbonyl (C=O) groups excluding carboxylic acids is 1. The van der Waals surface area contributed by atoms with Gasteiger partial charge in [-0.15, -0.1) is 0 Å². The summed E-state index contributed by atoms with van der Waals surface area (Å²) in [6.07, 6.45) is 2.27. The Labute approximate surface area is 122 Å². The fourth-order valence-electron chi connectivity index (χ4n) is 3.03. The number of nitrogens with one attached hydrogen (secondary N) is 2. The number of rotatable bonds is 3. The van der Waals surface area contributed by atoms with Crippen LogP contribution >= 0.6 is 0 Å². The van der Waals surface area contributed by atoms with Crippen LogP contribution in [0.15, 0.2) is 12.1 Å². The van der Waals surface area contributed by atoms with Crippen molar-refractivity contribution in [3.8, 4) is 0 Å². The zero-order valence-electron chi connectivity index (χ0n) is 11.9. The number of piperidine rings is 1. The van der Waals surface area contributed by atoms with E-state index >= 15 is 0 Å². The van der Waals surface area contributed by atoms with Gasteiger partial charge >= 0.3 is 0 Å². The second kappa shape index (κ2) is 5.33.